The minimum atomic E-state index is 0.0755. The number of rotatable bonds is 0. The minimum absolute atomic E-state index is 0.0755. The Kier molecular flexibility index (Phi) is 1.25. The summed E-state index contributed by atoms with van der Waals surface area (Å²) < 4.78 is 1.47. The largest absolute Gasteiger partial charge is 0.506 e. The number of nitriles is 1. The highest BCUT2D eigenvalue weighted by Gasteiger charge is 2.05. The third kappa shape index (κ3) is 0.736. The van der Waals surface area contributed by atoms with Gasteiger partial charge in [-0.1, -0.05) is 0 Å². The third-order valence-electron chi connectivity index (χ3n) is 1.64. The molecular weight excluding hydrogens is 154 g/mol. The first kappa shape index (κ1) is 6.68. The molecule has 12 heavy (non-hydrogen) atoms. The zero-order chi connectivity index (χ0) is 8.55. The molecule has 0 amide bonds. The smallest absolute Gasteiger partial charge is 0.142 e. The van der Waals surface area contributed by atoms with Gasteiger partial charge in [-0.15, -0.1) is 0 Å². The van der Waals surface area contributed by atoms with Crippen molar-refractivity contribution in [1.82, 2.24) is 9.61 Å². The molecule has 2 aromatic rings. The lowest BCUT2D eigenvalue weighted by molar-refractivity contribution is 0.478. The molecule has 2 aromatic heterocycles. The van der Waals surface area contributed by atoms with Crippen LogP contribution in [0.15, 0.2) is 24.5 Å². The Labute approximate surface area is 68.3 Å². The van der Waals surface area contributed by atoms with Crippen LogP contribution in [0.4, 0.5) is 0 Å². The Hall–Kier alpha value is -2.02. The summed E-state index contributed by atoms with van der Waals surface area (Å²) in [6, 6.07) is 5.14. The van der Waals surface area contributed by atoms with E-state index in [1.165, 1.54) is 16.8 Å². The summed E-state index contributed by atoms with van der Waals surface area (Å²) in [5.74, 6) is 0.0755. The van der Waals surface area contributed by atoms with Crippen molar-refractivity contribution in [3.8, 4) is 11.8 Å². The highest BCUT2D eigenvalue weighted by atomic mass is 16.3. The van der Waals surface area contributed by atoms with Crippen LogP contribution in [-0.2, 0) is 0 Å². The molecular formula is C8H5N3O. The predicted molar refractivity (Wildman–Crippen MR) is 41.6 cm³/mol. The number of aromatic hydroxyl groups is 1. The van der Waals surface area contributed by atoms with Gasteiger partial charge in [0.2, 0.25) is 0 Å². The van der Waals surface area contributed by atoms with Gasteiger partial charge in [0.05, 0.1) is 6.20 Å². The normalized spacial score (nSPS) is 9.92. The molecule has 0 saturated carbocycles. The van der Waals surface area contributed by atoms with Crippen LogP contribution in [0, 0.1) is 11.3 Å². The molecule has 0 aromatic carbocycles. The van der Waals surface area contributed by atoms with Crippen molar-refractivity contribution in [1.29, 1.82) is 5.26 Å². The van der Waals surface area contributed by atoms with Crippen molar-refractivity contribution in [3.63, 3.8) is 0 Å². The summed E-state index contributed by atoms with van der Waals surface area (Å²) in [5.41, 5.74) is 0.841. The fourth-order valence-electron chi connectivity index (χ4n) is 1.11. The van der Waals surface area contributed by atoms with Crippen molar-refractivity contribution in [2.75, 3.05) is 0 Å². The topological polar surface area (TPSA) is 61.3 Å². The number of pyridine rings is 1. The summed E-state index contributed by atoms with van der Waals surface area (Å²) in [4.78, 5) is 0. The average Bonchev–Trinajstić information content (AvgIpc) is 2.49. The van der Waals surface area contributed by atoms with Crippen molar-refractivity contribution in [2.45, 2.75) is 0 Å². The van der Waals surface area contributed by atoms with Crippen LogP contribution in [0.2, 0.25) is 0 Å². The summed E-state index contributed by atoms with van der Waals surface area (Å²) >= 11 is 0. The van der Waals surface area contributed by atoms with Gasteiger partial charge in [-0.2, -0.15) is 10.4 Å². The van der Waals surface area contributed by atoms with Crippen LogP contribution >= 0.6 is 0 Å². The standard InChI is InChI=1S/C8H5N3O/c9-4-6-5-10-11-3-1-2-7(12)8(6)11/h1-3,5,12H. The molecule has 0 atom stereocenters. The molecule has 4 nitrogen and oxygen atoms in total. The third-order valence-corrected chi connectivity index (χ3v) is 1.64. The van der Waals surface area contributed by atoms with E-state index in [0.29, 0.717) is 11.1 Å². The molecule has 4 heteroatoms. The second kappa shape index (κ2) is 2.24. The Morgan fingerprint density at radius 2 is 2.42 bits per heavy atom. The summed E-state index contributed by atoms with van der Waals surface area (Å²) in [5, 5.41) is 21.9. The van der Waals surface area contributed by atoms with Crippen molar-refractivity contribution in [3.05, 3.63) is 30.1 Å². The van der Waals surface area contributed by atoms with E-state index in [-0.39, 0.29) is 5.75 Å². The summed E-state index contributed by atoms with van der Waals surface area (Å²) in [6.07, 6.45) is 3.10. The first-order valence-electron chi connectivity index (χ1n) is 3.38. The van der Waals surface area contributed by atoms with Gasteiger partial charge >= 0.3 is 0 Å². The molecule has 0 unspecified atom stereocenters. The summed E-state index contributed by atoms with van der Waals surface area (Å²) in [7, 11) is 0. The van der Waals surface area contributed by atoms with E-state index >= 15 is 0 Å². The fourth-order valence-corrected chi connectivity index (χ4v) is 1.11. The second-order valence-corrected chi connectivity index (χ2v) is 2.36. The van der Waals surface area contributed by atoms with Gasteiger partial charge in [-0.25, -0.2) is 4.52 Å². The number of hydrogen-bond acceptors (Lipinski definition) is 3. The molecule has 0 radical (unpaired) electrons. The first-order chi connectivity index (χ1) is 5.83. The van der Waals surface area contributed by atoms with Crippen LogP contribution in [0.5, 0.6) is 5.75 Å². The molecule has 0 bridgehead atoms. The Bertz CT molecular complexity index is 467. The maximum absolute atomic E-state index is 9.36. The lowest BCUT2D eigenvalue weighted by Crippen LogP contribution is -1.84. The molecule has 0 saturated heterocycles. The van der Waals surface area contributed by atoms with Gasteiger partial charge in [0.25, 0.3) is 0 Å². The van der Waals surface area contributed by atoms with E-state index in [4.69, 9.17) is 5.26 Å². The molecule has 2 heterocycles. The monoisotopic (exact) mass is 159 g/mol. The van der Waals surface area contributed by atoms with E-state index in [2.05, 4.69) is 5.10 Å². The van der Waals surface area contributed by atoms with Crippen molar-refractivity contribution >= 4 is 5.52 Å². The lowest BCUT2D eigenvalue weighted by atomic mass is 10.3. The predicted octanol–water partition coefficient (Wildman–Crippen LogP) is 0.912. The number of nitrogens with zero attached hydrogens (tertiary/aromatic N) is 3. The Morgan fingerprint density at radius 3 is 3.17 bits per heavy atom. The van der Waals surface area contributed by atoms with Gasteiger partial charge < -0.3 is 5.11 Å². The fraction of sp³-hybridized carbons (Fsp3) is 0. The molecule has 0 spiro atoms. The number of fused-ring (bicyclic) bond motifs is 1. The van der Waals surface area contributed by atoms with Gasteiger partial charge in [-0.05, 0) is 12.1 Å². The van der Waals surface area contributed by atoms with Crippen LogP contribution in [0.1, 0.15) is 5.56 Å². The zero-order valence-corrected chi connectivity index (χ0v) is 6.10. The average molecular weight is 159 g/mol. The van der Waals surface area contributed by atoms with Crippen LogP contribution in [0.25, 0.3) is 5.52 Å². The molecule has 2 rings (SSSR count). The van der Waals surface area contributed by atoms with E-state index < -0.39 is 0 Å². The minimum Gasteiger partial charge on any atom is -0.506 e. The van der Waals surface area contributed by atoms with Crippen LogP contribution < -0.4 is 0 Å². The van der Waals surface area contributed by atoms with E-state index in [0.717, 1.165) is 0 Å². The highest BCUT2D eigenvalue weighted by Crippen LogP contribution is 2.20. The van der Waals surface area contributed by atoms with Crippen LogP contribution in [0.3, 0.4) is 0 Å². The molecule has 0 fully saturated rings. The van der Waals surface area contributed by atoms with Crippen molar-refractivity contribution < 1.29 is 5.11 Å². The maximum Gasteiger partial charge on any atom is 0.142 e. The maximum atomic E-state index is 9.36. The molecule has 0 aliphatic heterocycles. The highest BCUT2D eigenvalue weighted by molar-refractivity contribution is 5.68. The molecule has 0 aliphatic carbocycles. The molecule has 1 N–H and O–H groups in total. The molecule has 0 aliphatic rings. The van der Waals surface area contributed by atoms with Gasteiger partial charge in [0.15, 0.2) is 0 Å². The number of aromatic nitrogens is 2. The first-order valence-corrected chi connectivity index (χ1v) is 3.38. The van der Waals surface area contributed by atoms with E-state index in [1.807, 2.05) is 6.07 Å². The van der Waals surface area contributed by atoms with E-state index in [9.17, 15) is 5.11 Å². The van der Waals surface area contributed by atoms with Gasteiger partial charge in [0.1, 0.15) is 22.9 Å². The second-order valence-electron chi connectivity index (χ2n) is 2.36. The van der Waals surface area contributed by atoms with Crippen molar-refractivity contribution in [2.24, 2.45) is 0 Å². The summed E-state index contributed by atoms with van der Waals surface area (Å²) in [6.45, 7) is 0. The zero-order valence-electron chi connectivity index (χ0n) is 6.10. The molecule has 58 valence electrons. The number of hydrogen-bond donors (Lipinski definition) is 1. The van der Waals surface area contributed by atoms with Crippen LogP contribution in [-0.4, -0.2) is 14.7 Å². The Morgan fingerprint density at radius 1 is 1.58 bits per heavy atom. The van der Waals surface area contributed by atoms with Gasteiger partial charge in [0, 0.05) is 6.20 Å². The van der Waals surface area contributed by atoms with E-state index in [1.54, 1.807) is 12.3 Å². The quantitative estimate of drug-likeness (QED) is 0.621. The lowest BCUT2D eigenvalue weighted by Gasteiger charge is -1.94. The Balaban J connectivity index is 2.95. The SMILES string of the molecule is N#Cc1cnn2cccc(O)c12. The van der Waals surface area contributed by atoms with Gasteiger partial charge in [-0.3, -0.25) is 0 Å².